The number of nitro groups is 1. The molecule has 7 heteroatoms. The van der Waals surface area contributed by atoms with Gasteiger partial charge in [0, 0.05) is 17.8 Å². The molecule has 0 radical (unpaired) electrons. The third kappa shape index (κ3) is 3.66. The lowest BCUT2D eigenvalue weighted by Gasteiger charge is -2.11. The highest BCUT2D eigenvalue weighted by Crippen LogP contribution is 2.26. The quantitative estimate of drug-likeness (QED) is 0.508. The van der Waals surface area contributed by atoms with Crippen molar-refractivity contribution < 1.29 is 4.92 Å². The molecule has 0 fully saturated rings. The van der Waals surface area contributed by atoms with Gasteiger partial charge >= 0.3 is 0 Å². The summed E-state index contributed by atoms with van der Waals surface area (Å²) in [7, 11) is 0. The number of halogens is 1. The molecule has 2 aromatic rings. The first-order valence-electron chi connectivity index (χ1n) is 5.63. The van der Waals surface area contributed by atoms with Crippen molar-refractivity contribution in [1.82, 2.24) is 0 Å². The van der Waals surface area contributed by atoms with Gasteiger partial charge in [0.25, 0.3) is 5.69 Å². The van der Waals surface area contributed by atoms with Crippen LogP contribution in [-0.4, -0.2) is 10.0 Å². The SMILES string of the molecule is O=[N+]([O-])c1ccc(NC(=S)Nc2ccccc2)c(Cl)c1. The van der Waals surface area contributed by atoms with Crippen LogP contribution in [0.5, 0.6) is 0 Å². The molecule has 0 aliphatic heterocycles. The predicted molar refractivity (Wildman–Crippen MR) is 84.4 cm³/mol. The van der Waals surface area contributed by atoms with Crippen LogP contribution in [0, 0.1) is 10.1 Å². The normalized spacial score (nSPS) is 9.85. The topological polar surface area (TPSA) is 67.2 Å². The smallest absolute Gasteiger partial charge is 0.271 e. The maximum absolute atomic E-state index is 10.6. The fourth-order valence-electron chi connectivity index (χ4n) is 1.53. The van der Waals surface area contributed by atoms with E-state index >= 15 is 0 Å². The van der Waals surface area contributed by atoms with Gasteiger partial charge in [-0.25, -0.2) is 0 Å². The van der Waals surface area contributed by atoms with Crippen LogP contribution in [-0.2, 0) is 0 Å². The number of nitro benzene ring substituents is 1. The summed E-state index contributed by atoms with van der Waals surface area (Å²) >= 11 is 11.1. The molecule has 0 unspecified atom stereocenters. The Morgan fingerprint density at radius 1 is 1.15 bits per heavy atom. The van der Waals surface area contributed by atoms with Crippen molar-refractivity contribution in [3.8, 4) is 0 Å². The van der Waals surface area contributed by atoms with Crippen LogP contribution in [0.4, 0.5) is 17.1 Å². The van der Waals surface area contributed by atoms with Gasteiger partial charge in [0.2, 0.25) is 0 Å². The van der Waals surface area contributed by atoms with Gasteiger partial charge < -0.3 is 10.6 Å². The first-order chi connectivity index (χ1) is 9.56. The van der Waals surface area contributed by atoms with E-state index < -0.39 is 4.92 Å². The lowest BCUT2D eigenvalue weighted by Crippen LogP contribution is -2.19. The maximum Gasteiger partial charge on any atom is 0.271 e. The highest BCUT2D eigenvalue weighted by Gasteiger charge is 2.10. The van der Waals surface area contributed by atoms with Crippen molar-refractivity contribution in [2.24, 2.45) is 0 Å². The summed E-state index contributed by atoms with van der Waals surface area (Å²) in [5, 5.41) is 17.1. The van der Waals surface area contributed by atoms with Crippen molar-refractivity contribution in [2.45, 2.75) is 0 Å². The molecular formula is C13H10ClN3O2S. The number of nitrogens with one attached hydrogen (secondary N) is 2. The van der Waals surface area contributed by atoms with E-state index in [4.69, 9.17) is 23.8 Å². The molecular weight excluding hydrogens is 298 g/mol. The summed E-state index contributed by atoms with van der Waals surface area (Å²) < 4.78 is 0. The molecule has 0 aliphatic carbocycles. The third-order valence-electron chi connectivity index (χ3n) is 2.44. The molecule has 102 valence electrons. The second-order valence-corrected chi connectivity index (χ2v) is 4.68. The van der Waals surface area contributed by atoms with Gasteiger partial charge in [0.15, 0.2) is 5.11 Å². The Balaban J connectivity index is 2.06. The van der Waals surface area contributed by atoms with E-state index in [9.17, 15) is 10.1 Å². The molecule has 0 saturated heterocycles. The first kappa shape index (κ1) is 14.2. The first-order valence-corrected chi connectivity index (χ1v) is 6.42. The number of para-hydroxylation sites is 1. The Morgan fingerprint density at radius 3 is 2.45 bits per heavy atom. The average molecular weight is 308 g/mol. The van der Waals surface area contributed by atoms with Gasteiger partial charge in [0.1, 0.15) is 0 Å². The summed E-state index contributed by atoms with van der Waals surface area (Å²) in [5.74, 6) is 0. The van der Waals surface area contributed by atoms with Crippen LogP contribution < -0.4 is 10.6 Å². The number of anilines is 2. The van der Waals surface area contributed by atoms with Gasteiger partial charge in [-0.15, -0.1) is 0 Å². The van der Waals surface area contributed by atoms with Gasteiger partial charge in [-0.05, 0) is 30.4 Å². The summed E-state index contributed by atoms with van der Waals surface area (Å²) in [6.07, 6.45) is 0. The van der Waals surface area contributed by atoms with E-state index in [0.29, 0.717) is 10.8 Å². The molecule has 2 aromatic carbocycles. The molecule has 0 saturated carbocycles. The minimum atomic E-state index is -0.504. The van der Waals surface area contributed by atoms with Crippen LogP contribution in [0.25, 0.3) is 0 Å². The molecule has 5 nitrogen and oxygen atoms in total. The van der Waals surface area contributed by atoms with Gasteiger partial charge in [-0.1, -0.05) is 29.8 Å². The average Bonchev–Trinajstić information content (AvgIpc) is 2.42. The summed E-state index contributed by atoms with van der Waals surface area (Å²) in [4.78, 5) is 10.1. The van der Waals surface area contributed by atoms with E-state index in [1.165, 1.54) is 18.2 Å². The Hall–Kier alpha value is -2.18. The molecule has 0 bridgehead atoms. The molecule has 0 aliphatic rings. The van der Waals surface area contributed by atoms with Crippen LogP contribution in [0.3, 0.4) is 0 Å². The second kappa shape index (κ2) is 6.31. The minimum Gasteiger partial charge on any atom is -0.332 e. The van der Waals surface area contributed by atoms with Crippen LogP contribution in [0.2, 0.25) is 5.02 Å². The summed E-state index contributed by atoms with van der Waals surface area (Å²) in [6.45, 7) is 0. The second-order valence-electron chi connectivity index (χ2n) is 3.87. The van der Waals surface area contributed by atoms with Crippen molar-refractivity contribution in [3.05, 3.63) is 63.7 Å². The van der Waals surface area contributed by atoms with Gasteiger partial charge in [0.05, 0.1) is 15.6 Å². The standard InChI is InChI=1S/C13H10ClN3O2S/c14-11-8-10(17(18)19)6-7-12(11)16-13(20)15-9-4-2-1-3-5-9/h1-8H,(H2,15,16,20). The van der Waals surface area contributed by atoms with E-state index in [2.05, 4.69) is 10.6 Å². The molecule has 0 aromatic heterocycles. The van der Waals surface area contributed by atoms with Crippen LogP contribution >= 0.6 is 23.8 Å². The third-order valence-corrected chi connectivity index (χ3v) is 2.96. The van der Waals surface area contributed by atoms with E-state index in [-0.39, 0.29) is 10.7 Å². The number of thiocarbonyl (C=S) groups is 1. The Kier molecular flexibility index (Phi) is 4.49. The Bertz CT molecular complexity index is 649. The van der Waals surface area contributed by atoms with Crippen molar-refractivity contribution in [1.29, 1.82) is 0 Å². The fourth-order valence-corrected chi connectivity index (χ4v) is 1.97. The fraction of sp³-hybridized carbons (Fsp3) is 0. The number of nitrogens with zero attached hydrogens (tertiary/aromatic N) is 1. The highest BCUT2D eigenvalue weighted by molar-refractivity contribution is 7.80. The lowest BCUT2D eigenvalue weighted by atomic mass is 10.3. The Morgan fingerprint density at radius 2 is 1.85 bits per heavy atom. The van der Waals surface area contributed by atoms with Crippen LogP contribution in [0.1, 0.15) is 0 Å². The summed E-state index contributed by atoms with van der Waals surface area (Å²) in [6, 6.07) is 13.5. The zero-order valence-corrected chi connectivity index (χ0v) is 11.7. The number of rotatable bonds is 3. The summed E-state index contributed by atoms with van der Waals surface area (Å²) in [5.41, 5.74) is 1.27. The van der Waals surface area contributed by atoms with Crippen molar-refractivity contribution in [2.75, 3.05) is 10.6 Å². The lowest BCUT2D eigenvalue weighted by molar-refractivity contribution is -0.384. The molecule has 0 heterocycles. The van der Waals surface area contributed by atoms with Crippen molar-refractivity contribution >= 4 is 46.0 Å². The highest BCUT2D eigenvalue weighted by atomic mass is 35.5. The zero-order valence-electron chi connectivity index (χ0n) is 10.2. The predicted octanol–water partition coefficient (Wildman–Crippen LogP) is 4.06. The largest absolute Gasteiger partial charge is 0.332 e. The molecule has 2 rings (SSSR count). The molecule has 20 heavy (non-hydrogen) atoms. The number of hydrogen-bond acceptors (Lipinski definition) is 3. The molecule has 0 spiro atoms. The number of non-ortho nitro benzene ring substituents is 1. The number of hydrogen-bond donors (Lipinski definition) is 2. The maximum atomic E-state index is 10.6. The molecule has 2 N–H and O–H groups in total. The van der Waals surface area contributed by atoms with Gasteiger partial charge in [-0.3, -0.25) is 10.1 Å². The van der Waals surface area contributed by atoms with Crippen molar-refractivity contribution in [3.63, 3.8) is 0 Å². The molecule has 0 atom stereocenters. The van der Waals surface area contributed by atoms with E-state index in [1.54, 1.807) is 0 Å². The minimum absolute atomic E-state index is 0.0671. The van der Waals surface area contributed by atoms with E-state index in [1.807, 2.05) is 30.3 Å². The Labute approximate surface area is 125 Å². The van der Waals surface area contributed by atoms with Crippen LogP contribution in [0.15, 0.2) is 48.5 Å². The monoisotopic (exact) mass is 307 g/mol. The zero-order chi connectivity index (χ0) is 14.5. The number of benzene rings is 2. The van der Waals surface area contributed by atoms with E-state index in [0.717, 1.165) is 5.69 Å². The molecule has 0 amide bonds. The van der Waals surface area contributed by atoms with Gasteiger partial charge in [-0.2, -0.15) is 0 Å².